The predicted octanol–water partition coefficient (Wildman–Crippen LogP) is 3.01. The van der Waals surface area contributed by atoms with E-state index in [0.717, 1.165) is 19.4 Å². The van der Waals surface area contributed by atoms with Crippen molar-refractivity contribution < 1.29 is 4.79 Å². The van der Waals surface area contributed by atoms with Gasteiger partial charge in [-0.1, -0.05) is 36.4 Å². The number of aryl methyl sites for hydroxylation is 1. The average molecular weight is 253 g/mol. The molecule has 98 valence electrons. The van der Waals surface area contributed by atoms with E-state index in [9.17, 15) is 4.79 Å². The normalized spacial score (nSPS) is 18.9. The molecule has 1 atom stereocenters. The number of nitrogens with one attached hydrogen (secondary N) is 1. The lowest BCUT2D eigenvalue weighted by molar-refractivity contribution is -0.120. The van der Waals surface area contributed by atoms with Crippen LogP contribution in [-0.4, -0.2) is 18.4 Å². The molecule has 0 amide bonds. The molecule has 2 nitrogen and oxygen atoms in total. The molecule has 0 aliphatic carbocycles. The maximum absolute atomic E-state index is 12.3. The minimum atomic E-state index is 0.0679. The molecule has 0 saturated carbocycles. The summed E-state index contributed by atoms with van der Waals surface area (Å²) < 4.78 is 0. The molecular weight excluding hydrogens is 234 g/mol. The van der Waals surface area contributed by atoms with Crippen LogP contribution in [0.4, 0.5) is 0 Å². The standard InChI is InChI=1S/C17H19NO/c1-12-8-9-13-5-2-3-6-14(13)15(12)11-17(19)16-7-4-10-18-16/h2-3,5-6,8-9,16,18H,4,7,10-11H2,1H3. The highest BCUT2D eigenvalue weighted by Gasteiger charge is 2.22. The van der Waals surface area contributed by atoms with E-state index in [2.05, 4.69) is 36.5 Å². The Kier molecular flexibility index (Phi) is 3.34. The molecule has 0 aromatic heterocycles. The first-order valence-corrected chi connectivity index (χ1v) is 6.99. The molecule has 2 heteroatoms. The Labute approximate surface area is 113 Å². The van der Waals surface area contributed by atoms with Crippen molar-refractivity contribution in [1.29, 1.82) is 0 Å². The molecule has 0 bridgehead atoms. The van der Waals surface area contributed by atoms with E-state index in [1.165, 1.54) is 21.9 Å². The van der Waals surface area contributed by atoms with Crippen molar-refractivity contribution in [3.8, 4) is 0 Å². The van der Waals surface area contributed by atoms with Gasteiger partial charge in [0.1, 0.15) is 0 Å². The Balaban J connectivity index is 1.95. The summed E-state index contributed by atoms with van der Waals surface area (Å²) in [5, 5.41) is 5.73. The molecule has 1 heterocycles. The summed E-state index contributed by atoms with van der Waals surface area (Å²) in [6.07, 6.45) is 2.65. The molecule has 1 unspecified atom stereocenters. The lowest BCUT2D eigenvalue weighted by Gasteiger charge is -2.13. The second-order valence-electron chi connectivity index (χ2n) is 5.37. The highest BCUT2D eigenvalue weighted by atomic mass is 16.1. The Hall–Kier alpha value is -1.67. The minimum Gasteiger partial charge on any atom is -0.307 e. The number of hydrogen-bond acceptors (Lipinski definition) is 2. The van der Waals surface area contributed by atoms with E-state index < -0.39 is 0 Å². The van der Waals surface area contributed by atoms with E-state index in [0.29, 0.717) is 12.2 Å². The summed E-state index contributed by atoms with van der Waals surface area (Å²) in [7, 11) is 0. The second kappa shape index (κ2) is 5.14. The number of ketones is 1. The average Bonchev–Trinajstić information content (AvgIpc) is 2.96. The quantitative estimate of drug-likeness (QED) is 0.911. The van der Waals surface area contributed by atoms with E-state index in [1.807, 2.05) is 12.1 Å². The highest BCUT2D eigenvalue weighted by Crippen LogP contribution is 2.23. The summed E-state index contributed by atoms with van der Waals surface area (Å²) in [5.41, 5.74) is 2.40. The lowest BCUT2D eigenvalue weighted by atomic mass is 9.94. The van der Waals surface area contributed by atoms with Gasteiger partial charge in [0.2, 0.25) is 0 Å². The Bertz CT molecular complexity index is 612. The van der Waals surface area contributed by atoms with Crippen LogP contribution in [0.5, 0.6) is 0 Å². The van der Waals surface area contributed by atoms with Gasteiger partial charge in [-0.15, -0.1) is 0 Å². The van der Waals surface area contributed by atoms with Crippen LogP contribution in [-0.2, 0) is 11.2 Å². The SMILES string of the molecule is Cc1ccc2ccccc2c1CC(=O)C1CCCN1. The number of hydrogen-bond donors (Lipinski definition) is 1. The molecule has 3 rings (SSSR count). The Morgan fingerprint density at radius 1 is 1.26 bits per heavy atom. The van der Waals surface area contributed by atoms with Crippen LogP contribution < -0.4 is 5.32 Å². The molecule has 2 aromatic rings. The van der Waals surface area contributed by atoms with Gasteiger partial charge in [-0.2, -0.15) is 0 Å². The molecule has 2 aromatic carbocycles. The van der Waals surface area contributed by atoms with Gasteiger partial charge in [0.05, 0.1) is 6.04 Å². The van der Waals surface area contributed by atoms with Gasteiger partial charge in [-0.05, 0) is 48.2 Å². The zero-order chi connectivity index (χ0) is 13.2. The molecule has 1 aliphatic rings. The zero-order valence-corrected chi connectivity index (χ0v) is 11.3. The van der Waals surface area contributed by atoms with Crippen LogP contribution in [0, 0.1) is 6.92 Å². The summed E-state index contributed by atoms with van der Waals surface area (Å²) in [6.45, 7) is 3.07. The van der Waals surface area contributed by atoms with Crippen LogP contribution in [0.1, 0.15) is 24.0 Å². The van der Waals surface area contributed by atoms with Crippen molar-refractivity contribution in [1.82, 2.24) is 5.32 Å². The molecule has 1 aliphatic heterocycles. The summed E-state index contributed by atoms with van der Waals surface area (Å²) in [6, 6.07) is 12.6. The lowest BCUT2D eigenvalue weighted by Crippen LogP contribution is -2.32. The molecular formula is C17H19NO. The van der Waals surface area contributed by atoms with Crippen molar-refractivity contribution in [2.45, 2.75) is 32.2 Å². The first-order valence-electron chi connectivity index (χ1n) is 6.99. The summed E-state index contributed by atoms with van der Waals surface area (Å²) in [5.74, 6) is 0.331. The van der Waals surface area contributed by atoms with Gasteiger partial charge in [0.15, 0.2) is 5.78 Å². The number of fused-ring (bicyclic) bond motifs is 1. The van der Waals surface area contributed by atoms with Crippen LogP contribution in [0.25, 0.3) is 10.8 Å². The topological polar surface area (TPSA) is 29.1 Å². The highest BCUT2D eigenvalue weighted by molar-refractivity contribution is 5.93. The van der Waals surface area contributed by atoms with E-state index >= 15 is 0 Å². The third-order valence-corrected chi connectivity index (χ3v) is 4.07. The number of benzene rings is 2. The zero-order valence-electron chi connectivity index (χ0n) is 11.3. The molecule has 1 fully saturated rings. The smallest absolute Gasteiger partial charge is 0.154 e. The predicted molar refractivity (Wildman–Crippen MR) is 78.4 cm³/mol. The van der Waals surface area contributed by atoms with Gasteiger partial charge < -0.3 is 5.32 Å². The van der Waals surface area contributed by atoms with Gasteiger partial charge in [0.25, 0.3) is 0 Å². The van der Waals surface area contributed by atoms with Crippen molar-refractivity contribution in [2.24, 2.45) is 0 Å². The fraction of sp³-hybridized carbons (Fsp3) is 0.353. The molecule has 1 N–H and O–H groups in total. The maximum Gasteiger partial charge on any atom is 0.154 e. The minimum absolute atomic E-state index is 0.0679. The van der Waals surface area contributed by atoms with E-state index in [1.54, 1.807) is 0 Å². The monoisotopic (exact) mass is 253 g/mol. The summed E-state index contributed by atoms with van der Waals surface area (Å²) in [4.78, 5) is 12.3. The largest absolute Gasteiger partial charge is 0.307 e. The number of rotatable bonds is 3. The van der Waals surface area contributed by atoms with Crippen LogP contribution in [0.15, 0.2) is 36.4 Å². The van der Waals surface area contributed by atoms with Crippen molar-refractivity contribution >= 4 is 16.6 Å². The molecule has 1 saturated heterocycles. The van der Waals surface area contributed by atoms with Crippen molar-refractivity contribution in [3.63, 3.8) is 0 Å². The third-order valence-electron chi connectivity index (χ3n) is 4.07. The molecule has 19 heavy (non-hydrogen) atoms. The molecule has 0 spiro atoms. The van der Waals surface area contributed by atoms with Crippen LogP contribution in [0.2, 0.25) is 0 Å². The van der Waals surface area contributed by atoms with Crippen molar-refractivity contribution in [2.75, 3.05) is 6.54 Å². The van der Waals surface area contributed by atoms with E-state index in [4.69, 9.17) is 0 Å². The first-order chi connectivity index (χ1) is 9.25. The van der Waals surface area contributed by atoms with Crippen molar-refractivity contribution in [3.05, 3.63) is 47.5 Å². The number of carbonyl (C=O) groups excluding carboxylic acids is 1. The second-order valence-corrected chi connectivity index (χ2v) is 5.37. The third kappa shape index (κ3) is 2.41. The van der Waals surface area contributed by atoms with Gasteiger partial charge in [-0.25, -0.2) is 0 Å². The first kappa shape index (κ1) is 12.4. The van der Waals surface area contributed by atoms with Gasteiger partial charge in [-0.3, -0.25) is 4.79 Å². The molecule has 0 radical (unpaired) electrons. The fourth-order valence-electron chi connectivity index (χ4n) is 2.94. The summed E-state index contributed by atoms with van der Waals surface area (Å²) >= 11 is 0. The van der Waals surface area contributed by atoms with Gasteiger partial charge in [0, 0.05) is 6.42 Å². The number of Topliss-reactive ketones (excluding diaryl/α,β-unsaturated/α-hetero) is 1. The maximum atomic E-state index is 12.3. The van der Waals surface area contributed by atoms with Gasteiger partial charge >= 0.3 is 0 Å². The van der Waals surface area contributed by atoms with Crippen LogP contribution >= 0.6 is 0 Å². The Morgan fingerprint density at radius 2 is 2.11 bits per heavy atom. The van der Waals surface area contributed by atoms with Crippen LogP contribution in [0.3, 0.4) is 0 Å². The fourth-order valence-corrected chi connectivity index (χ4v) is 2.94. The Morgan fingerprint density at radius 3 is 2.89 bits per heavy atom. The van der Waals surface area contributed by atoms with E-state index in [-0.39, 0.29) is 6.04 Å². The number of carbonyl (C=O) groups is 1.